The molecule has 1 aromatic carbocycles. The minimum atomic E-state index is -1.41. The van der Waals surface area contributed by atoms with Gasteiger partial charge in [0.05, 0.1) is 40.0 Å². The van der Waals surface area contributed by atoms with E-state index in [4.69, 9.17) is 5.10 Å². The van der Waals surface area contributed by atoms with E-state index < -0.39 is 17.1 Å². The van der Waals surface area contributed by atoms with Crippen molar-refractivity contribution in [1.29, 1.82) is 0 Å². The molecular weight excluding hydrogens is 575 g/mol. The van der Waals surface area contributed by atoms with Gasteiger partial charge in [0.25, 0.3) is 0 Å². The van der Waals surface area contributed by atoms with E-state index in [2.05, 4.69) is 41.9 Å². The van der Waals surface area contributed by atoms with Gasteiger partial charge in [-0.15, -0.1) is 11.3 Å². The summed E-state index contributed by atoms with van der Waals surface area (Å²) in [5.41, 5.74) is 2.89. The molecule has 8 heteroatoms. The minimum Gasteiger partial charge on any atom is -0.393 e. The second-order valence-corrected chi connectivity index (χ2v) is 16.9. The van der Waals surface area contributed by atoms with Crippen molar-refractivity contribution < 1.29 is 15.0 Å². The van der Waals surface area contributed by atoms with Crippen LogP contribution < -0.4 is 0 Å². The van der Waals surface area contributed by atoms with Gasteiger partial charge in [-0.25, -0.2) is 4.98 Å². The van der Waals surface area contributed by atoms with E-state index in [0.717, 1.165) is 40.2 Å². The lowest BCUT2D eigenvalue weighted by Crippen LogP contribution is -2.62. The second-order valence-electron chi connectivity index (χ2n) is 14.6. The number of carbonyl (C=O) groups is 1. The molecular formula is C35H43N3O3S2. The summed E-state index contributed by atoms with van der Waals surface area (Å²) >= 11 is 3.04. The van der Waals surface area contributed by atoms with Gasteiger partial charge in [-0.1, -0.05) is 62.6 Å². The lowest BCUT2D eigenvalue weighted by atomic mass is 9.45. The third-order valence-electron chi connectivity index (χ3n) is 12.6. The van der Waals surface area contributed by atoms with Crippen LogP contribution in [0.4, 0.5) is 0 Å². The molecule has 4 saturated carbocycles. The Bertz CT molecular complexity index is 1570. The molecule has 4 fully saturated rings. The Kier molecular flexibility index (Phi) is 6.79. The number of allylic oxidation sites excluding steroid dienone is 1. The van der Waals surface area contributed by atoms with E-state index in [1.807, 2.05) is 18.2 Å². The molecule has 2 aromatic heterocycles. The highest BCUT2D eigenvalue weighted by Crippen LogP contribution is 2.67. The zero-order valence-corrected chi connectivity index (χ0v) is 26.9. The number of Topliss-reactive ketones (excluding diaryl/α,β-unsaturated/α-hetero) is 1. The lowest BCUT2D eigenvalue weighted by molar-refractivity contribution is -0.177. The predicted octanol–water partition coefficient (Wildman–Crippen LogP) is 7.24. The lowest BCUT2D eigenvalue weighted by Gasteiger charge is -2.60. The van der Waals surface area contributed by atoms with Crippen molar-refractivity contribution in [3.63, 3.8) is 0 Å². The molecule has 7 atom stereocenters. The Morgan fingerprint density at radius 3 is 2.77 bits per heavy atom. The fraction of sp³-hybridized carbons (Fsp3) is 0.629. The Morgan fingerprint density at radius 2 is 1.95 bits per heavy atom. The molecule has 43 heavy (non-hydrogen) atoms. The van der Waals surface area contributed by atoms with Crippen molar-refractivity contribution in [2.75, 3.05) is 5.75 Å². The van der Waals surface area contributed by atoms with E-state index >= 15 is 0 Å². The van der Waals surface area contributed by atoms with Crippen LogP contribution in [0.1, 0.15) is 95.4 Å². The number of aliphatic hydroxyl groups excluding tert-OH is 1. The van der Waals surface area contributed by atoms with Crippen LogP contribution in [0, 0.1) is 28.6 Å². The van der Waals surface area contributed by atoms with Crippen LogP contribution in [-0.4, -0.2) is 48.2 Å². The van der Waals surface area contributed by atoms with Gasteiger partial charge in [-0.2, -0.15) is 5.10 Å². The topological polar surface area (TPSA) is 88.2 Å². The largest absolute Gasteiger partial charge is 0.393 e. The smallest absolute Gasteiger partial charge is 0.175 e. The number of thioether (sulfide) groups is 1. The molecule has 5 aliphatic rings. The Labute approximate surface area is 262 Å². The van der Waals surface area contributed by atoms with Crippen molar-refractivity contribution in [2.24, 2.45) is 28.6 Å². The third kappa shape index (κ3) is 4.22. The fourth-order valence-corrected chi connectivity index (χ4v) is 12.5. The quantitative estimate of drug-likeness (QED) is 0.294. The molecule has 6 nitrogen and oxygen atoms in total. The molecule has 0 saturated heterocycles. The number of nitrogens with zero attached hydrogens (tertiary/aromatic N) is 3. The molecule has 8 rings (SSSR count). The number of hydrogen-bond donors (Lipinski definition) is 2. The van der Waals surface area contributed by atoms with E-state index in [1.54, 1.807) is 11.3 Å². The molecule has 3 aromatic rings. The first-order valence-electron chi connectivity index (χ1n) is 16.4. The van der Waals surface area contributed by atoms with E-state index in [9.17, 15) is 15.0 Å². The maximum atomic E-state index is 13.8. The van der Waals surface area contributed by atoms with Gasteiger partial charge in [0, 0.05) is 5.41 Å². The van der Waals surface area contributed by atoms with Gasteiger partial charge < -0.3 is 10.2 Å². The molecule has 2 N–H and O–H groups in total. The van der Waals surface area contributed by atoms with Crippen molar-refractivity contribution in [3.05, 3.63) is 47.3 Å². The van der Waals surface area contributed by atoms with Gasteiger partial charge in [0.2, 0.25) is 0 Å². The summed E-state index contributed by atoms with van der Waals surface area (Å²) in [5.74, 6) is 0.761. The maximum Gasteiger partial charge on any atom is 0.175 e. The average molecular weight is 618 g/mol. The van der Waals surface area contributed by atoms with Crippen LogP contribution in [-0.2, 0) is 11.2 Å². The van der Waals surface area contributed by atoms with Gasteiger partial charge >= 0.3 is 0 Å². The van der Waals surface area contributed by atoms with Crippen molar-refractivity contribution in [2.45, 2.75) is 107 Å². The molecule has 0 amide bonds. The van der Waals surface area contributed by atoms with E-state index in [0.29, 0.717) is 24.8 Å². The number of aromatic nitrogens is 3. The zero-order chi connectivity index (χ0) is 29.6. The first-order valence-corrected chi connectivity index (χ1v) is 18.2. The first-order chi connectivity index (χ1) is 20.7. The van der Waals surface area contributed by atoms with Crippen LogP contribution in [0.15, 0.2) is 40.4 Å². The Balaban J connectivity index is 1.04. The molecule has 5 aliphatic carbocycles. The third-order valence-corrected chi connectivity index (χ3v) is 14.8. The number of para-hydroxylation sites is 1. The van der Waals surface area contributed by atoms with Gasteiger partial charge in [-0.3, -0.25) is 9.48 Å². The average Bonchev–Trinajstić information content (AvgIpc) is 3.68. The van der Waals surface area contributed by atoms with Crippen molar-refractivity contribution in [3.8, 4) is 0 Å². The molecule has 228 valence electrons. The van der Waals surface area contributed by atoms with Crippen LogP contribution in [0.5, 0.6) is 0 Å². The highest BCUT2D eigenvalue weighted by Gasteiger charge is 2.68. The van der Waals surface area contributed by atoms with Crippen molar-refractivity contribution in [1.82, 2.24) is 14.8 Å². The molecule has 0 radical (unpaired) electrons. The Morgan fingerprint density at radius 1 is 1.14 bits per heavy atom. The van der Waals surface area contributed by atoms with E-state index in [1.165, 1.54) is 60.7 Å². The number of aliphatic hydroxyl groups is 2. The van der Waals surface area contributed by atoms with Gasteiger partial charge in [0.15, 0.2) is 10.1 Å². The normalized spacial score (nSPS) is 37.3. The highest BCUT2D eigenvalue weighted by molar-refractivity contribution is 8.01. The summed E-state index contributed by atoms with van der Waals surface area (Å²) in [6, 6.07) is 8.54. The first kappa shape index (κ1) is 28.5. The van der Waals surface area contributed by atoms with Crippen LogP contribution in [0.2, 0.25) is 0 Å². The fourth-order valence-electron chi connectivity index (χ4n) is 10.4. The maximum absolute atomic E-state index is 13.8. The number of hydrogen-bond acceptors (Lipinski definition) is 7. The number of carbonyl (C=O) groups excluding carboxylic acids is 1. The number of ketones is 1. The summed E-state index contributed by atoms with van der Waals surface area (Å²) in [6.45, 7) is 4.48. The number of benzene rings is 1. The summed E-state index contributed by atoms with van der Waals surface area (Å²) in [4.78, 5) is 18.5. The monoisotopic (exact) mass is 617 g/mol. The number of fused-ring (bicyclic) bond motifs is 7. The van der Waals surface area contributed by atoms with Crippen LogP contribution >= 0.6 is 23.1 Å². The minimum absolute atomic E-state index is 0.104. The zero-order valence-electron chi connectivity index (χ0n) is 25.3. The molecule has 0 spiro atoms. The van der Waals surface area contributed by atoms with E-state index in [-0.39, 0.29) is 28.8 Å². The highest BCUT2D eigenvalue weighted by atomic mass is 32.2. The summed E-state index contributed by atoms with van der Waals surface area (Å²) in [5, 5.41) is 29.1. The number of rotatable bonds is 5. The molecule has 0 aliphatic heterocycles. The van der Waals surface area contributed by atoms with Gasteiger partial charge in [-0.05, 0) is 98.3 Å². The predicted molar refractivity (Wildman–Crippen MR) is 172 cm³/mol. The molecule has 2 heterocycles. The van der Waals surface area contributed by atoms with Gasteiger partial charge in [0.1, 0.15) is 5.60 Å². The standard InChI is InChI=1S/C35H43N3O3S2/c1-33-17-21-19-36-38(23-8-4-3-5-9-23)27(21)16-22(33)12-13-24-25-14-15-35(41,34(25,2)18-28(39)31(24)33)30(40)20-42-32-37-26-10-6-7-11-29(26)43-32/h6-7,10-11,16,19,23-25,28,31,39,41H,3-5,8-9,12-15,17-18,20H2,1-2H3/t24?,25?,28?,31?,33?,34?,35-/m0/s1. The molecule has 6 unspecified atom stereocenters. The van der Waals surface area contributed by atoms with Crippen molar-refractivity contribution >= 4 is 45.2 Å². The SMILES string of the molecule is CC12Cc3cnn(C4CCCCC4)c3C=C1CCC1C2C(O)CC2(C)C1CC[C@]2(O)C(=O)CSc1nc2ccccc2s1. The summed E-state index contributed by atoms with van der Waals surface area (Å²) in [7, 11) is 0. The van der Waals surface area contributed by atoms with Crippen LogP contribution in [0.3, 0.4) is 0 Å². The summed E-state index contributed by atoms with van der Waals surface area (Å²) in [6.07, 6.45) is 15.1. The second kappa shape index (κ2) is 10.3. The Hall–Kier alpha value is -2.00. The van der Waals surface area contributed by atoms with Crippen LogP contribution in [0.25, 0.3) is 16.3 Å². The molecule has 0 bridgehead atoms. The summed E-state index contributed by atoms with van der Waals surface area (Å²) < 4.78 is 4.29. The number of thiazole rings is 1.